The molecule has 0 spiro atoms. The van der Waals surface area contributed by atoms with Crippen molar-refractivity contribution in [3.05, 3.63) is 18.2 Å². The van der Waals surface area contributed by atoms with Gasteiger partial charge in [-0.1, -0.05) is 19.3 Å². The molecule has 2 aliphatic rings. The maximum atomic E-state index is 6.04. The van der Waals surface area contributed by atoms with E-state index in [2.05, 4.69) is 15.7 Å². The molecule has 3 rings (SSSR count). The summed E-state index contributed by atoms with van der Waals surface area (Å²) in [4.78, 5) is 4.35. The van der Waals surface area contributed by atoms with Crippen molar-refractivity contribution in [1.29, 1.82) is 0 Å². The predicted octanol–water partition coefficient (Wildman–Crippen LogP) is 2.84. The van der Waals surface area contributed by atoms with Crippen LogP contribution in [0, 0.1) is 5.92 Å². The second kappa shape index (κ2) is 4.81. The van der Waals surface area contributed by atoms with E-state index in [0.29, 0.717) is 6.04 Å². The maximum Gasteiger partial charge on any atom is 0.0951 e. The molecule has 0 aliphatic heterocycles. The van der Waals surface area contributed by atoms with E-state index in [9.17, 15) is 0 Å². The Kier molecular flexibility index (Phi) is 3.19. The largest absolute Gasteiger partial charge is 0.330 e. The first-order valence-corrected chi connectivity index (χ1v) is 7.12. The fourth-order valence-corrected chi connectivity index (χ4v) is 3.34. The minimum Gasteiger partial charge on any atom is -0.330 e. The summed E-state index contributed by atoms with van der Waals surface area (Å²) in [6, 6.07) is 0.494. The van der Waals surface area contributed by atoms with E-state index in [1.54, 1.807) is 0 Å². The van der Waals surface area contributed by atoms with Gasteiger partial charge in [-0.15, -0.1) is 0 Å². The van der Waals surface area contributed by atoms with Gasteiger partial charge in [0.25, 0.3) is 0 Å². The van der Waals surface area contributed by atoms with E-state index in [1.165, 1.54) is 50.6 Å². The fraction of sp³-hybridized carbons (Fsp3) is 0.786. The molecule has 0 amide bonds. The number of rotatable bonds is 4. The molecule has 1 aromatic rings. The molecule has 17 heavy (non-hydrogen) atoms. The van der Waals surface area contributed by atoms with Crippen LogP contribution >= 0.6 is 0 Å². The minimum absolute atomic E-state index is 0.494. The lowest BCUT2D eigenvalue weighted by molar-refractivity contribution is 0.250. The summed E-state index contributed by atoms with van der Waals surface area (Å²) in [6.45, 7) is 0.765. The lowest BCUT2D eigenvalue weighted by atomic mass is 9.83. The Morgan fingerprint density at radius 1 is 1.24 bits per heavy atom. The highest BCUT2D eigenvalue weighted by molar-refractivity contribution is 5.14. The standard InChI is InChI=1S/C14H23N3/c15-8-13(11-4-2-1-3-5-11)17-10-16-9-14(17)12-6-7-12/h9-13H,1-8,15H2. The molecular weight excluding hydrogens is 210 g/mol. The molecule has 2 N–H and O–H groups in total. The third-order valence-electron chi connectivity index (χ3n) is 4.48. The number of hydrogen-bond acceptors (Lipinski definition) is 2. The van der Waals surface area contributed by atoms with Gasteiger partial charge in [0.05, 0.1) is 6.33 Å². The molecule has 2 fully saturated rings. The first-order chi connectivity index (χ1) is 8.40. The molecule has 0 bridgehead atoms. The first kappa shape index (κ1) is 11.3. The Hall–Kier alpha value is -0.830. The van der Waals surface area contributed by atoms with E-state index < -0.39 is 0 Å². The molecule has 3 heteroatoms. The molecule has 3 nitrogen and oxygen atoms in total. The quantitative estimate of drug-likeness (QED) is 0.869. The van der Waals surface area contributed by atoms with Crippen LogP contribution in [0.3, 0.4) is 0 Å². The fourth-order valence-electron chi connectivity index (χ4n) is 3.34. The van der Waals surface area contributed by atoms with Crippen LogP contribution in [-0.2, 0) is 0 Å². The SMILES string of the molecule is NCC(C1CCCCC1)n1cncc1C1CC1. The highest BCUT2D eigenvalue weighted by Gasteiger charge is 2.31. The van der Waals surface area contributed by atoms with Gasteiger partial charge in [-0.2, -0.15) is 0 Å². The van der Waals surface area contributed by atoms with Gasteiger partial charge in [0.1, 0.15) is 0 Å². The van der Waals surface area contributed by atoms with Crippen LogP contribution in [0.4, 0.5) is 0 Å². The Bertz CT molecular complexity index is 361. The van der Waals surface area contributed by atoms with E-state index in [0.717, 1.165) is 18.4 Å². The van der Waals surface area contributed by atoms with Gasteiger partial charge in [0.15, 0.2) is 0 Å². The van der Waals surface area contributed by atoms with Crippen molar-refractivity contribution in [2.45, 2.75) is 56.9 Å². The van der Waals surface area contributed by atoms with Crippen LogP contribution in [0.1, 0.15) is 62.6 Å². The second-order valence-electron chi connectivity index (χ2n) is 5.70. The topological polar surface area (TPSA) is 43.8 Å². The van der Waals surface area contributed by atoms with Crippen LogP contribution in [0.5, 0.6) is 0 Å². The van der Waals surface area contributed by atoms with Crippen LogP contribution in [0.25, 0.3) is 0 Å². The van der Waals surface area contributed by atoms with Gasteiger partial charge in [-0.3, -0.25) is 0 Å². The molecule has 0 radical (unpaired) electrons. The van der Waals surface area contributed by atoms with E-state index >= 15 is 0 Å². The average Bonchev–Trinajstić information content (AvgIpc) is 3.12. The number of imidazole rings is 1. The number of aromatic nitrogens is 2. The first-order valence-electron chi connectivity index (χ1n) is 7.12. The molecule has 0 aromatic carbocycles. The van der Waals surface area contributed by atoms with E-state index in [1.807, 2.05) is 6.33 Å². The predicted molar refractivity (Wildman–Crippen MR) is 68.9 cm³/mol. The summed E-state index contributed by atoms with van der Waals surface area (Å²) in [5.41, 5.74) is 7.47. The van der Waals surface area contributed by atoms with Crippen molar-refractivity contribution in [2.24, 2.45) is 11.7 Å². The molecule has 1 atom stereocenters. The summed E-state index contributed by atoms with van der Waals surface area (Å²) < 4.78 is 2.40. The smallest absolute Gasteiger partial charge is 0.0951 e. The zero-order valence-electron chi connectivity index (χ0n) is 10.5. The van der Waals surface area contributed by atoms with Crippen LogP contribution in [-0.4, -0.2) is 16.1 Å². The van der Waals surface area contributed by atoms with Gasteiger partial charge < -0.3 is 10.3 Å². The van der Waals surface area contributed by atoms with E-state index in [-0.39, 0.29) is 0 Å². The Morgan fingerprint density at radius 3 is 2.65 bits per heavy atom. The van der Waals surface area contributed by atoms with Gasteiger partial charge >= 0.3 is 0 Å². The van der Waals surface area contributed by atoms with Crippen LogP contribution in [0.15, 0.2) is 12.5 Å². The van der Waals surface area contributed by atoms with Crippen molar-refractivity contribution in [3.8, 4) is 0 Å². The maximum absolute atomic E-state index is 6.04. The van der Waals surface area contributed by atoms with Crippen molar-refractivity contribution in [3.63, 3.8) is 0 Å². The summed E-state index contributed by atoms with van der Waals surface area (Å²) in [6.07, 6.45) is 13.6. The second-order valence-corrected chi connectivity index (χ2v) is 5.70. The zero-order chi connectivity index (χ0) is 11.7. The molecule has 94 valence electrons. The molecule has 1 unspecified atom stereocenters. The van der Waals surface area contributed by atoms with Crippen molar-refractivity contribution in [2.75, 3.05) is 6.54 Å². The Morgan fingerprint density at radius 2 is 2.00 bits per heavy atom. The van der Waals surface area contributed by atoms with Crippen LogP contribution < -0.4 is 5.73 Å². The molecule has 1 aromatic heterocycles. The third-order valence-corrected chi connectivity index (χ3v) is 4.48. The molecular formula is C14H23N3. The highest BCUT2D eigenvalue weighted by Crippen LogP contribution is 2.42. The van der Waals surface area contributed by atoms with Crippen molar-refractivity contribution < 1.29 is 0 Å². The Labute approximate surface area is 103 Å². The monoisotopic (exact) mass is 233 g/mol. The normalized spacial score (nSPS) is 23.8. The summed E-state index contributed by atoms with van der Waals surface area (Å²) >= 11 is 0. The average molecular weight is 233 g/mol. The van der Waals surface area contributed by atoms with Gasteiger partial charge in [0, 0.05) is 30.4 Å². The highest BCUT2D eigenvalue weighted by atomic mass is 15.1. The summed E-state index contributed by atoms with van der Waals surface area (Å²) in [5.74, 6) is 1.55. The van der Waals surface area contributed by atoms with Crippen molar-refractivity contribution in [1.82, 2.24) is 9.55 Å². The lowest BCUT2D eigenvalue weighted by Crippen LogP contribution is -2.29. The van der Waals surface area contributed by atoms with Crippen molar-refractivity contribution >= 4 is 0 Å². The molecule has 2 aliphatic carbocycles. The van der Waals surface area contributed by atoms with Crippen LogP contribution in [0.2, 0.25) is 0 Å². The summed E-state index contributed by atoms with van der Waals surface area (Å²) in [5, 5.41) is 0. The number of nitrogens with two attached hydrogens (primary N) is 1. The lowest BCUT2D eigenvalue weighted by Gasteiger charge is -2.31. The molecule has 1 heterocycles. The summed E-state index contributed by atoms with van der Waals surface area (Å²) in [7, 11) is 0. The molecule has 0 saturated heterocycles. The van der Waals surface area contributed by atoms with Gasteiger partial charge in [0.2, 0.25) is 0 Å². The van der Waals surface area contributed by atoms with E-state index in [4.69, 9.17) is 5.73 Å². The Balaban J connectivity index is 1.80. The third kappa shape index (κ3) is 2.25. The molecule has 2 saturated carbocycles. The zero-order valence-corrected chi connectivity index (χ0v) is 10.5. The minimum atomic E-state index is 0.494. The van der Waals surface area contributed by atoms with Gasteiger partial charge in [-0.05, 0) is 31.6 Å². The number of hydrogen-bond donors (Lipinski definition) is 1. The number of nitrogens with zero attached hydrogens (tertiary/aromatic N) is 2. The van der Waals surface area contributed by atoms with Gasteiger partial charge in [-0.25, -0.2) is 4.98 Å².